The van der Waals surface area contributed by atoms with Gasteiger partial charge in [-0.05, 0) is 67.9 Å². The molecule has 38 heavy (non-hydrogen) atoms. The van der Waals surface area contributed by atoms with Crippen LogP contribution in [0.5, 0.6) is 11.5 Å². The Morgan fingerprint density at radius 3 is 2.34 bits per heavy atom. The molecule has 1 heterocycles. The molecule has 7 nitrogen and oxygen atoms in total. The van der Waals surface area contributed by atoms with Crippen LogP contribution in [0.2, 0.25) is 0 Å². The fourth-order valence-electron chi connectivity index (χ4n) is 4.62. The van der Waals surface area contributed by atoms with Crippen molar-refractivity contribution in [3.8, 4) is 11.5 Å². The van der Waals surface area contributed by atoms with Gasteiger partial charge >= 0.3 is 0 Å². The van der Waals surface area contributed by atoms with Gasteiger partial charge in [0.25, 0.3) is 11.7 Å². The molecule has 2 aromatic rings. The zero-order valence-electron chi connectivity index (χ0n) is 23.0. The van der Waals surface area contributed by atoms with Crippen LogP contribution in [-0.4, -0.2) is 66.0 Å². The molecule has 204 valence electrons. The second-order valence-electron chi connectivity index (χ2n) is 9.37. The number of aliphatic hydroxyl groups excluding tert-OH is 1. The molecule has 0 bridgehead atoms. The fraction of sp³-hybridized carbons (Fsp3) is 0.419. The van der Waals surface area contributed by atoms with Gasteiger partial charge in [0.05, 0.1) is 18.2 Å². The van der Waals surface area contributed by atoms with E-state index in [1.807, 2.05) is 31.2 Å². The molecule has 0 aliphatic carbocycles. The third-order valence-corrected chi connectivity index (χ3v) is 6.87. The lowest BCUT2D eigenvalue weighted by molar-refractivity contribution is -0.140. The van der Waals surface area contributed by atoms with Crippen LogP contribution < -0.4 is 9.47 Å². The van der Waals surface area contributed by atoms with Crippen molar-refractivity contribution in [3.63, 3.8) is 0 Å². The van der Waals surface area contributed by atoms with E-state index in [0.29, 0.717) is 37.6 Å². The third kappa shape index (κ3) is 6.64. The van der Waals surface area contributed by atoms with Gasteiger partial charge in [-0.2, -0.15) is 0 Å². The van der Waals surface area contributed by atoms with Gasteiger partial charge < -0.3 is 24.4 Å². The Bertz CT molecular complexity index is 1150. The molecule has 1 fully saturated rings. The SMILES string of the molecule is C=CCOc1ccc(C(O)=C2C(=O)C(=O)N(CCN(CC)CC)C2c2ccc(OCCCC)cc2)c(C)c1. The predicted molar refractivity (Wildman–Crippen MR) is 151 cm³/mol. The average Bonchev–Trinajstić information content (AvgIpc) is 3.17. The quantitative estimate of drug-likeness (QED) is 0.116. The first-order chi connectivity index (χ1) is 18.4. The number of likely N-dealkylation sites (N-methyl/N-ethyl adjacent to an activating group) is 1. The fourth-order valence-corrected chi connectivity index (χ4v) is 4.62. The smallest absolute Gasteiger partial charge is 0.295 e. The first-order valence-corrected chi connectivity index (χ1v) is 13.4. The number of aliphatic hydroxyl groups is 1. The molecule has 1 aliphatic rings. The van der Waals surface area contributed by atoms with Crippen molar-refractivity contribution < 1.29 is 24.2 Å². The number of amides is 1. The zero-order valence-corrected chi connectivity index (χ0v) is 23.0. The molecule has 0 radical (unpaired) electrons. The zero-order chi connectivity index (χ0) is 27.7. The van der Waals surface area contributed by atoms with Gasteiger partial charge in [-0.1, -0.05) is 52.0 Å². The van der Waals surface area contributed by atoms with Crippen LogP contribution in [0.15, 0.2) is 60.7 Å². The van der Waals surface area contributed by atoms with Crippen LogP contribution in [0.25, 0.3) is 5.76 Å². The maximum Gasteiger partial charge on any atom is 0.295 e. The summed E-state index contributed by atoms with van der Waals surface area (Å²) in [5.74, 6) is -0.103. The van der Waals surface area contributed by atoms with Gasteiger partial charge in [0, 0.05) is 18.7 Å². The summed E-state index contributed by atoms with van der Waals surface area (Å²) in [5.41, 5.74) is 2.06. The van der Waals surface area contributed by atoms with Gasteiger partial charge in [-0.25, -0.2) is 0 Å². The number of carbonyl (C=O) groups excluding carboxylic acids is 2. The van der Waals surface area contributed by atoms with Gasteiger partial charge in [0.15, 0.2) is 0 Å². The monoisotopic (exact) mass is 520 g/mol. The number of aryl methyl sites for hydroxylation is 1. The van der Waals surface area contributed by atoms with Gasteiger partial charge in [0.2, 0.25) is 0 Å². The van der Waals surface area contributed by atoms with E-state index in [9.17, 15) is 14.7 Å². The van der Waals surface area contributed by atoms with E-state index in [0.717, 1.165) is 42.8 Å². The summed E-state index contributed by atoms with van der Waals surface area (Å²) in [4.78, 5) is 30.4. The van der Waals surface area contributed by atoms with Crippen molar-refractivity contribution in [3.05, 3.63) is 77.4 Å². The Morgan fingerprint density at radius 1 is 1.05 bits per heavy atom. The number of hydrogen-bond donors (Lipinski definition) is 1. The van der Waals surface area contributed by atoms with Crippen molar-refractivity contribution >= 4 is 17.4 Å². The molecule has 0 aromatic heterocycles. The van der Waals surface area contributed by atoms with E-state index in [2.05, 4.69) is 32.3 Å². The highest BCUT2D eigenvalue weighted by atomic mass is 16.5. The number of ketones is 1. The highest BCUT2D eigenvalue weighted by Crippen LogP contribution is 2.40. The lowest BCUT2D eigenvalue weighted by Gasteiger charge is -2.28. The molecule has 7 heteroatoms. The molecule has 1 aliphatic heterocycles. The van der Waals surface area contributed by atoms with E-state index in [1.54, 1.807) is 29.2 Å². The Kier molecular flexibility index (Phi) is 10.5. The number of nitrogens with zero attached hydrogens (tertiary/aromatic N) is 2. The van der Waals surface area contributed by atoms with Crippen molar-refractivity contribution in [2.75, 3.05) is 39.4 Å². The van der Waals surface area contributed by atoms with E-state index in [4.69, 9.17) is 9.47 Å². The summed E-state index contributed by atoms with van der Waals surface area (Å²) in [6, 6.07) is 12.0. The standard InChI is InChI=1S/C31H40N2O5/c1-6-10-20-38-24-13-11-23(12-14-24)28-27(30(35)31(36)33(28)18-17-32(8-3)9-4)29(34)26-16-15-25(21-22(26)5)37-19-7-2/h7,11-16,21,28,34H,2,6,8-10,17-20H2,1,3-5H3. The molecule has 1 unspecified atom stereocenters. The normalized spacial score (nSPS) is 16.8. The second-order valence-corrected chi connectivity index (χ2v) is 9.37. The summed E-state index contributed by atoms with van der Waals surface area (Å²) in [7, 11) is 0. The third-order valence-electron chi connectivity index (χ3n) is 6.87. The van der Waals surface area contributed by atoms with Crippen LogP contribution in [-0.2, 0) is 9.59 Å². The number of ether oxygens (including phenoxy) is 2. The molecule has 2 aromatic carbocycles. The minimum absolute atomic E-state index is 0.0945. The van der Waals surface area contributed by atoms with E-state index < -0.39 is 17.7 Å². The van der Waals surface area contributed by atoms with Crippen molar-refractivity contribution in [1.82, 2.24) is 9.80 Å². The number of carbonyl (C=O) groups is 2. The topological polar surface area (TPSA) is 79.3 Å². The Morgan fingerprint density at radius 2 is 1.74 bits per heavy atom. The number of unbranched alkanes of at least 4 members (excludes halogenated alkanes) is 1. The Labute approximate surface area is 226 Å². The van der Waals surface area contributed by atoms with Gasteiger partial charge in [-0.3, -0.25) is 9.59 Å². The van der Waals surface area contributed by atoms with Crippen LogP contribution >= 0.6 is 0 Å². The summed E-state index contributed by atoms with van der Waals surface area (Å²) in [6.45, 7) is 15.4. The molecular formula is C31H40N2O5. The molecular weight excluding hydrogens is 480 g/mol. The number of benzene rings is 2. The van der Waals surface area contributed by atoms with Crippen LogP contribution in [0.3, 0.4) is 0 Å². The average molecular weight is 521 g/mol. The van der Waals surface area contributed by atoms with Gasteiger partial charge in [0.1, 0.15) is 23.9 Å². The van der Waals surface area contributed by atoms with Gasteiger partial charge in [-0.15, -0.1) is 0 Å². The van der Waals surface area contributed by atoms with Crippen molar-refractivity contribution in [2.24, 2.45) is 0 Å². The molecule has 1 saturated heterocycles. The minimum atomic E-state index is -0.702. The highest BCUT2D eigenvalue weighted by Gasteiger charge is 2.46. The van der Waals surface area contributed by atoms with Crippen molar-refractivity contribution in [2.45, 2.75) is 46.6 Å². The van der Waals surface area contributed by atoms with Crippen LogP contribution in [0, 0.1) is 6.92 Å². The lowest BCUT2D eigenvalue weighted by atomic mass is 9.94. The summed E-state index contributed by atoms with van der Waals surface area (Å²) in [5, 5.41) is 11.5. The summed E-state index contributed by atoms with van der Waals surface area (Å²) in [6.07, 6.45) is 3.66. The van der Waals surface area contributed by atoms with E-state index in [1.165, 1.54) is 0 Å². The highest BCUT2D eigenvalue weighted by molar-refractivity contribution is 6.46. The summed E-state index contributed by atoms with van der Waals surface area (Å²) >= 11 is 0. The van der Waals surface area contributed by atoms with E-state index in [-0.39, 0.29) is 11.3 Å². The first-order valence-electron chi connectivity index (χ1n) is 13.4. The Balaban J connectivity index is 2.04. The number of rotatable bonds is 14. The first kappa shape index (κ1) is 29.0. The number of likely N-dealkylation sites (tertiary alicyclic amines) is 1. The molecule has 0 spiro atoms. The number of hydrogen-bond acceptors (Lipinski definition) is 6. The molecule has 3 rings (SSSR count). The maximum absolute atomic E-state index is 13.4. The molecule has 1 atom stereocenters. The van der Waals surface area contributed by atoms with Crippen LogP contribution in [0.1, 0.15) is 56.3 Å². The lowest BCUT2D eigenvalue weighted by Crippen LogP contribution is -2.38. The van der Waals surface area contributed by atoms with Crippen molar-refractivity contribution in [1.29, 1.82) is 0 Å². The largest absolute Gasteiger partial charge is 0.507 e. The number of Topliss-reactive ketones (excluding diaryl/α,β-unsaturated/α-hetero) is 1. The predicted octanol–water partition coefficient (Wildman–Crippen LogP) is 5.50. The summed E-state index contributed by atoms with van der Waals surface area (Å²) < 4.78 is 11.4. The van der Waals surface area contributed by atoms with E-state index >= 15 is 0 Å². The molecule has 1 amide bonds. The Hall–Kier alpha value is -3.58. The second kappa shape index (κ2) is 13.8. The maximum atomic E-state index is 13.4. The molecule has 0 saturated carbocycles. The van der Waals surface area contributed by atoms with Crippen LogP contribution in [0.4, 0.5) is 0 Å². The molecule has 1 N–H and O–H groups in total. The minimum Gasteiger partial charge on any atom is -0.507 e.